The van der Waals surface area contributed by atoms with Gasteiger partial charge in [-0.15, -0.1) is 0 Å². The summed E-state index contributed by atoms with van der Waals surface area (Å²) in [5.74, 6) is 0.842. The maximum absolute atomic E-state index is 12.8. The number of esters is 3. The first-order valence-electron chi connectivity index (χ1n) is 27.3. The summed E-state index contributed by atoms with van der Waals surface area (Å²) in [5, 5.41) is 0. The van der Waals surface area contributed by atoms with Crippen LogP contribution in [-0.2, 0) is 28.6 Å². The topological polar surface area (TPSA) is 78.9 Å². The normalized spacial score (nSPS) is 12.5. The number of ether oxygens (including phenoxy) is 3. The lowest BCUT2D eigenvalue weighted by atomic mass is 9.99. The number of carbonyl (C=O) groups is 3. The van der Waals surface area contributed by atoms with Crippen LogP contribution in [0.4, 0.5) is 0 Å². The van der Waals surface area contributed by atoms with E-state index in [9.17, 15) is 14.4 Å². The maximum atomic E-state index is 12.8. The smallest absolute Gasteiger partial charge is 0.306 e. The van der Waals surface area contributed by atoms with Gasteiger partial charge in [0.25, 0.3) is 0 Å². The molecule has 6 heteroatoms. The summed E-state index contributed by atoms with van der Waals surface area (Å²) in [6.45, 7) is 11.4. The molecule has 0 aromatic rings. The van der Waals surface area contributed by atoms with Gasteiger partial charge < -0.3 is 14.2 Å². The zero-order chi connectivity index (χ0) is 44.7. The highest BCUT2D eigenvalue weighted by Gasteiger charge is 2.19. The van der Waals surface area contributed by atoms with Crippen LogP contribution in [0.2, 0.25) is 0 Å². The minimum absolute atomic E-state index is 0.0640. The molecule has 0 spiro atoms. The highest BCUT2D eigenvalue weighted by Crippen LogP contribution is 2.18. The van der Waals surface area contributed by atoms with Crippen LogP contribution in [0, 0.1) is 11.8 Å². The number of hydrogen-bond donors (Lipinski definition) is 0. The van der Waals surface area contributed by atoms with Gasteiger partial charge in [0.1, 0.15) is 13.2 Å². The molecule has 0 aromatic carbocycles. The van der Waals surface area contributed by atoms with Crippen molar-refractivity contribution in [3.63, 3.8) is 0 Å². The predicted octanol–water partition coefficient (Wildman–Crippen LogP) is 17.7. The first-order valence-corrected chi connectivity index (χ1v) is 27.3. The molecule has 0 aliphatic heterocycles. The molecule has 6 nitrogen and oxygen atoms in total. The summed E-state index contributed by atoms with van der Waals surface area (Å²) in [7, 11) is 0. The third-order valence-corrected chi connectivity index (χ3v) is 12.8. The second-order valence-electron chi connectivity index (χ2n) is 19.6. The van der Waals surface area contributed by atoms with E-state index in [4.69, 9.17) is 14.2 Å². The summed E-state index contributed by atoms with van der Waals surface area (Å²) >= 11 is 0. The van der Waals surface area contributed by atoms with Crippen molar-refractivity contribution in [2.45, 2.75) is 310 Å². The molecule has 0 saturated carbocycles. The van der Waals surface area contributed by atoms with Crippen molar-refractivity contribution in [2.24, 2.45) is 11.8 Å². The first-order chi connectivity index (χ1) is 29.8. The lowest BCUT2D eigenvalue weighted by molar-refractivity contribution is -0.167. The summed E-state index contributed by atoms with van der Waals surface area (Å²) in [5.41, 5.74) is 0. The standard InChI is InChI=1S/C55H106O6/c1-6-8-9-10-11-12-21-25-30-35-40-45-53(56)59-48-52(49-60-54(57)46-41-36-32-27-28-33-38-43-50(3)4)61-55(58)47-42-37-31-26-23-20-18-16-14-13-15-17-19-22-24-29-34-39-44-51(5)7-2/h50-52H,6-49H2,1-5H3/t51?,52-/m0/s1. The van der Waals surface area contributed by atoms with Gasteiger partial charge in [-0.2, -0.15) is 0 Å². The monoisotopic (exact) mass is 863 g/mol. The fraction of sp³-hybridized carbons (Fsp3) is 0.945. The fourth-order valence-electron chi connectivity index (χ4n) is 8.31. The van der Waals surface area contributed by atoms with Gasteiger partial charge in [-0.25, -0.2) is 0 Å². The number of unbranched alkanes of at least 4 members (excludes halogenated alkanes) is 33. The van der Waals surface area contributed by atoms with Crippen molar-refractivity contribution in [2.75, 3.05) is 13.2 Å². The second kappa shape index (κ2) is 47.9. The minimum Gasteiger partial charge on any atom is -0.462 e. The van der Waals surface area contributed by atoms with Crippen LogP contribution >= 0.6 is 0 Å². The molecule has 0 rings (SSSR count). The predicted molar refractivity (Wildman–Crippen MR) is 261 cm³/mol. The molecule has 2 atom stereocenters. The third kappa shape index (κ3) is 47.7. The summed E-state index contributed by atoms with van der Waals surface area (Å²) in [6.07, 6.45) is 49.6. The summed E-state index contributed by atoms with van der Waals surface area (Å²) < 4.78 is 16.8. The molecule has 0 radical (unpaired) electrons. The molecule has 0 saturated heterocycles. The average Bonchev–Trinajstić information content (AvgIpc) is 3.24. The molecule has 61 heavy (non-hydrogen) atoms. The Labute approximate surface area is 380 Å². The molecule has 0 N–H and O–H groups in total. The van der Waals surface area contributed by atoms with Gasteiger partial charge in [0, 0.05) is 19.3 Å². The zero-order valence-electron chi connectivity index (χ0n) is 41.8. The Morgan fingerprint density at radius 2 is 0.623 bits per heavy atom. The molecular weight excluding hydrogens is 757 g/mol. The van der Waals surface area contributed by atoms with Gasteiger partial charge >= 0.3 is 17.9 Å². The molecule has 0 amide bonds. The van der Waals surface area contributed by atoms with Gasteiger partial charge in [-0.3, -0.25) is 14.4 Å². The van der Waals surface area contributed by atoms with E-state index < -0.39 is 6.10 Å². The Morgan fingerprint density at radius 3 is 0.934 bits per heavy atom. The van der Waals surface area contributed by atoms with Crippen LogP contribution in [0.3, 0.4) is 0 Å². The quantitative estimate of drug-likeness (QED) is 0.0344. The SMILES string of the molecule is CCCCCCCCCCCCCC(=O)OC[C@@H](COC(=O)CCCCCCCCCC(C)C)OC(=O)CCCCCCCCCCCCCCCCCCCCC(C)CC. The third-order valence-electron chi connectivity index (χ3n) is 12.8. The summed E-state index contributed by atoms with van der Waals surface area (Å²) in [6, 6.07) is 0. The average molecular weight is 863 g/mol. The Morgan fingerprint density at radius 1 is 0.344 bits per heavy atom. The van der Waals surface area contributed by atoms with Crippen molar-refractivity contribution < 1.29 is 28.6 Å². The van der Waals surface area contributed by atoms with E-state index in [2.05, 4.69) is 34.6 Å². The number of rotatable bonds is 49. The first kappa shape index (κ1) is 59.4. The van der Waals surface area contributed by atoms with Crippen molar-refractivity contribution in [3.05, 3.63) is 0 Å². The largest absolute Gasteiger partial charge is 0.462 e. The van der Waals surface area contributed by atoms with Crippen molar-refractivity contribution in [1.82, 2.24) is 0 Å². The van der Waals surface area contributed by atoms with Crippen LogP contribution in [-0.4, -0.2) is 37.2 Å². The second-order valence-corrected chi connectivity index (χ2v) is 19.6. The van der Waals surface area contributed by atoms with Crippen molar-refractivity contribution >= 4 is 17.9 Å². The van der Waals surface area contributed by atoms with E-state index in [0.29, 0.717) is 19.3 Å². The summed E-state index contributed by atoms with van der Waals surface area (Å²) in [4.78, 5) is 37.9. The number of carbonyl (C=O) groups excluding carboxylic acids is 3. The molecule has 1 unspecified atom stereocenters. The lowest BCUT2D eigenvalue weighted by Gasteiger charge is -2.18. The Balaban J connectivity index is 4.19. The zero-order valence-corrected chi connectivity index (χ0v) is 41.8. The van der Waals surface area contributed by atoms with Gasteiger partial charge in [-0.1, -0.05) is 266 Å². The van der Waals surface area contributed by atoms with E-state index >= 15 is 0 Å². The van der Waals surface area contributed by atoms with Crippen molar-refractivity contribution in [3.8, 4) is 0 Å². The Kier molecular flexibility index (Phi) is 46.6. The van der Waals surface area contributed by atoms with Crippen molar-refractivity contribution in [1.29, 1.82) is 0 Å². The molecule has 0 bridgehead atoms. The van der Waals surface area contributed by atoms with Crippen LogP contribution in [0.5, 0.6) is 0 Å². The Hall–Kier alpha value is -1.59. The number of hydrogen-bond acceptors (Lipinski definition) is 6. The van der Waals surface area contributed by atoms with E-state index in [0.717, 1.165) is 69.6 Å². The van der Waals surface area contributed by atoms with Crippen LogP contribution in [0.15, 0.2) is 0 Å². The van der Waals surface area contributed by atoms with Gasteiger partial charge in [0.15, 0.2) is 6.10 Å². The molecule has 0 heterocycles. The molecular formula is C55H106O6. The molecule has 0 aliphatic carbocycles. The Bertz CT molecular complexity index is 933. The van der Waals surface area contributed by atoms with Crippen LogP contribution < -0.4 is 0 Å². The van der Waals surface area contributed by atoms with Gasteiger partial charge in [0.05, 0.1) is 0 Å². The highest BCUT2D eigenvalue weighted by molar-refractivity contribution is 5.71. The molecule has 362 valence electrons. The van der Waals surface area contributed by atoms with Gasteiger partial charge in [0.2, 0.25) is 0 Å². The van der Waals surface area contributed by atoms with E-state index in [1.165, 1.54) is 193 Å². The molecule has 0 aromatic heterocycles. The van der Waals surface area contributed by atoms with Crippen LogP contribution in [0.1, 0.15) is 304 Å². The minimum atomic E-state index is -0.761. The van der Waals surface area contributed by atoms with Crippen LogP contribution in [0.25, 0.3) is 0 Å². The fourth-order valence-corrected chi connectivity index (χ4v) is 8.31. The van der Waals surface area contributed by atoms with E-state index in [1.54, 1.807) is 0 Å². The van der Waals surface area contributed by atoms with E-state index in [-0.39, 0.29) is 31.1 Å². The molecule has 0 fully saturated rings. The van der Waals surface area contributed by atoms with Gasteiger partial charge in [-0.05, 0) is 31.1 Å². The van der Waals surface area contributed by atoms with E-state index in [1.807, 2.05) is 0 Å². The maximum Gasteiger partial charge on any atom is 0.306 e. The lowest BCUT2D eigenvalue weighted by Crippen LogP contribution is -2.30. The molecule has 0 aliphatic rings. The highest BCUT2D eigenvalue weighted by atomic mass is 16.6.